The van der Waals surface area contributed by atoms with Crippen LogP contribution in [0, 0.1) is 6.92 Å². The first kappa shape index (κ1) is 14.2. The Morgan fingerprint density at radius 2 is 2.00 bits per heavy atom. The molecule has 0 bridgehead atoms. The Morgan fingerprint density at radius 1 is 1.14 bits per heavy atom. The van der Waals surface area contributed by atoms with E-state index in [1.54, 1.807) is 24.5 Å². The highest BCUT2D eigenvalue weighted by atomic mass is 79.9. The highest BCUT2D eigenvalue weighted by molar-refractivity contribution is 9.10. The number of nitrogens with zero attached hydrogens (tertiary/aromatic N) is 3. The Labute approximate surface area is 135 Å². The number of methoxy groups -OCH3 is 1. The topological polar surface area (TPSA) is 47.9 Å². The molecule has 0 saturated heterocycles. The molecule has 106 valence electrons. The van der Waals surface area contributed by atoms with Gasteiger partial charge in [0.25, 0.3) is 0 Å². The van der Waals surface area contributed by atoms with Crippen molar-refractivity contribution in [1.29, 1.82) is 0 Å². The highest BCUT2D eigenvalue weighted by Gasteiger charge is 2.13. The molecule has 0 radical (unpaired) electrons. The fraction of sp³-hybridized carbons (Fsp3) is 0.133. The lowest BCUT2D eigenvalue weighted by Gasteiger charge is -1.99. The monoisotopic (exact) mass is 361 g/mol. The predicted octanol–water partition coefficient (Wildman–Crippen LogP) is 4.35. The molecule has 0 N–H and O–H groups in total. The van der Waals surface area contributed by atoms with Crippen LogP contribution in [0.5, 0.6) is 5.88 Å². The van der Waals surface area contributed by atoms with E-state index >= 15 is 0 Å². The van der Waals surface area contributed by atoms with E-state index in [0.29, 0.717) is 5.88 Å². The zero-order valence-electron chi connectivity index (χ0n) is 11.5. The molecule has 2 aromatic heterocycles. The number of rotatable bonds is 3. The maximum atomic E-state index is 5.02. The molecular weight excluding hydrogens is 350 g/mol. The van der Waals surface area contributed by atoms with Crippen molar-refractivity contribution < 1.29 is 4.74 Å². The molecule has 0 atom stereocenters. The summed E-state index contributed by atoms with van der Waals surface area (Å²) in [5.74, 6) is 0.499. The number of halogens is 1. The van der Waals surface area contributed by atoms with Gasteiger partial charge in [-0.2, -0.15) is 0 Å². The van der Waals surface area contributed by atoms with Crippen molar-refractivity contribution in [3.8, 4) is 27.8 Å². The second-order valence-corrected chi connectivity index (χ2v) is 6.51. The number of aryl methyl sites for hydroxylation is 1. The Kier molecular flexibility index (Phi) is 3.98. The minimum Gasteiger partial charge on any atom is -0.480 e. The summed E-state index contributed by atoms with van der Waals surface area (Å²) in [6, 6.07) is 11.8. The standard InChI is InChI=1S/C15H12BrN3OS/c1-9-14(10-4-3-5-11(16)8-10)17-15(21-9)12-6-7-13(20-2)19-18-12/h3-8H,1-2H3. The Balaban J connectivity index is 2.00. The molecular formula is C15H12BrN3OS. The molecule has 0 fully saturated rings. The van der Waals surface area contributed by atoms with Gasteiger partial charge in [0.15, 0.2) is 0 Å². The van der Waals surface area contributed by atoms with E-state index in [-0.39, 0.29) is 0 Å². The van der Waals surface area contributed by atoms with Gasteiger partial charge in [-0.05, 0) is 25.1 Å². The quantitative estimate of drug-likeness (QED) is 0.695. The molecule has 2 heterocycles. The summed E-state index contributed by atoms with van der Waals surface area (Å²) in [6.07, 6.45) is 0. The van der Waals surface area contributed by atoms with Crippen LogP contribution in [0.4, 0.5) is 0 Å². The Morgan fingerprint density at radius 3 is 2.67 bits per heavy atom. The molecule has 21 heavy (non-hydrogen) atoms. The number of thiazole rings is 1. The summed E-state index contributed by atoms with van der Waals surface area (Å²) in [4.78, 5) is 5.85. The van der Waals surface area contributed by atoms with E-state index in [0.717, 1.165) is 31.3 Å². The van der Waals surface area contributed by atoms with Crippen LogP contribution >= 0.6 is 27.3 Å². The van der Waals surface area contributed by atoms with Crippen LogP contribution in [0.1, 0.15) is 4.88 Å². The van der Waals surface area contributed by atoms with Gasteiger partial charge in [-0.25, -0.2) is 4.98 Å². The Hall–Kier alpha value is -1.79. The van der Waals surface area contributed by atoms with Gasteiger partial charge in [0.2, 0.25) is 5.88 Å². The smallest absolute Gasteiger partial charge is 0.233 e. The number of benzene rings is 1. The molecule has 0 amide bonds. The first-order chi connectivity index (χ1) is 10.2. The van der Waals surface area contributed by atoms with Crippen LogP contribution < -0.4 is 4.74 Å². The van der Waals surface area contributed by atoms with Crippen LogP contribution in [0.15, 0.2) is 40.9 Å². The normalized spacial score (nSPS) is 10.6. The minimum absolute atomic E-state index is 0.499. The van der Waals surface area contributed by atoms with Crippen molar-refractivity contribution in [2.45, 2.75) is 6.92 Å². The van der Waals surface area contributed by atoms with Gasteiger partial charge < -0.3 is 4.74 Å². The summed E-state index contributed by atoms with van der Waals surface area (Å²) in [5, 5.41) is 8.99. The molecule has 0 aliphatic heterocycles. The molecule has 3 rings (SSSR count). The molecule has 0 aliphatic rings. The molecule has 6 heteroatoms. The number of hydrogen-bond acceptors (Lipinski definition) is 5. The zero-order valence-corrected chi connectivity index (χ0v) is 13.9. The van der Waals surface area contributed by atoms with Crippen molar-refractivity contribution in [2.75, 3.05) is 7.11 Å². The zero-order chi connectivity index (χ0) is 14.8. The molecule has 0 unspecified atom stereocenters. The summed E-state index contributed by atoms with van der Waals surface area (Å²) in [7, 11) is 1.57. The molecule has 0 spiro atoms. The first-order valence-corrected chi connectivity index (χ1v) is 7.90. The van der Waals surface area contributed by atoms with E-state index in [9.17, 15) is 0 Å². The van der Waals surface area contributed by atoms with E-state index in [2.05, 4.69) is 45.2 Å². The van der Waals surface area contributed by atoms with Gasteiger partial charge in [0.05, 0.1) is 12.8 Å². The molecule has 0 aliphatic carbocycles. The lowest BCUT2D eigenvalue weighted by atomic mass is 10.1. The first-order valence-electron chi connectivity index (χ1n) is 6.29. The van der Waals surface area contributed by atoms with Gasteiger partial charge in [0.1, 0.15) is 10.7 Å². The second kappa shape index (κ2) is 5.91. The molecule has 3 aromatic rings. The van der Waals surface area contributed by atoms with Crippen LogP contribution in [-0.4, -0.2) is 22.3 Å². The number of hydrogen-bond donors (Lipinski definition) is 0. The van der Waals surface area contributed by atoms with E-state index < -0.39 is 0 Å². The van der Waals surface area contributed by atoms with Crippen molar-refractivity contribution >= 4 is 27.3 Å². The van der Waals surface area contributed by atoms with Crippen LogP contribution in [0.25, 0.3) is 22.0 Å². The van der Waals surface area contributed by atoms with Gasteiger partial charge in [0, 0.05) is 21.0 Å². The third-order valence-corrected chi connectivity index (χ3v) is 4.45. The largest absolute Gasteiger partial charge is 0.480 e. The van der Waals surface area contributed by atoms with Gasteiger partial charge in [-0.1, -0.05) is 28.1 Å². The minimum atomic E-state index is 0.499. The van der Waals surface area contributed by atoms with E-state index in [1.165, 1.54) is 0 Å². The van der Waals surface area contributed by atoms with Crippen LogP contribution in [0.2, 0.25) is 0 Å². The summed E-state index contributed by atoms with van der Waals surface area (Å²) in [5.41, 5.74) is 2.82. The van der Waals surface area contributed by atoms with Crippen LogP contribution in [-0.2, 0) is 0 Å². The lowest BCUT2D eigenvalue weighted by Crippen LogP contribution is -1.91. The maximum absolute atomic E-state index is 5.02. The Bertz CT molecular complexity index is 771. The summed E-state index contributed by atoms with van der Waals surface area (Å²) < 4.78 is 6.06. The van der Waals surface area contributed by atoms with Crippen LogP contribution in [0.3, 0.4) is 0 Å². The fourth-order valence-electron chi connectivity index (χ4n) is 1.95. The SMILES string of the molecule is COc1ccc(-c2nc(-c3cccc(Br)c3)c(C)s2)nn1. The van der Waals surface area contributed by atoms with Crippen molar-refractivity contribution in [3.05, 3.63) is 45.7 Å². The maximum Gasteiger partial charge on any atom is 0.233 e. The van der Waals surface area contributed by atoms with E-state index in [4.69, 9.17) is 9.72 Å². The van der Waals surface area contributed by atoms with Gasteiger partial charge in [-0.15, -0.1) is 21.5 Å². The van der Waals surface area contributed by atoms with Gasteiger partial charge >= 0.3 is 0 Å². The average Bonchev–Trinajstić information content (AvgIpc) is 2.89. The molecule has 4 nitrogen and oxygen atoms in total. The lowest BCUT2D eigenvalue weighted by molar-refractivity contribution is 0.392. The summed E-state index contributed by atoms with van der Waals surface area (Å²) in [6.45, 7) is 2.06. The van der Waals surface area contributed by atoms with E-state index in [1.807, 2.05) is 18.2 Å². The van der Waals surface area contributed by atoms with Crippen molar-refractivity contribution in [3.63, 3.8) is 0 Å². The molecule has 0 saturated carbocycles. The molecule has 1 aromatic carbocycles. The predicted molar refractivity (Wildman–Crippen MR) is 87.6 cm³/mol. The van der Waals surface area contributed by atoms with Crippen molar-refractivity contribution in [1.82, 2.24) is 15.2 Å². The number of ether oxygens (including phenoxy) is 1. The highest BCUT2D eigenvalue weighted by Crippen LogP contribution is 2.33. The third-order valence-electron chi connectivity index (χ3n) is 2.96. The average molecular weight is 362 g/mol. The number of aromatic nitrogens is 3. The third kappa shape index (κ3) is 2.96. The van der Waals surface area contributed by atoms with Gasteiger partial charge in [-0.3, -0.25) is 0 Å². The van der Waals surface area contributed by atoms with Crippen molar-refractivity contribution in [2.24, 2.45) is 0 Å². The fourth-order valence-corrected chi connectivity index (χ4v) is 3.25. The second-order valence-electron chi connectivity index (χ2n) is 4.40. The summed E-state index contributed by atoms with van der Waals surface area (Å²) >= 11 is 5.10.